The minimum Gasteiger partial charge on any atom is -0.356 e. The first-order valence-corrected chi connectivity index (χ1v) is 9.26. The second kappa shape index (κ2) is 6.93. The number of rotatable bonds is 2. The standard InChI is InChI=1S/C20H34N4O/c1-19(2,3)15-13-16(22-18(21-15)20(4,5)6)24-11-9-14(10-12-24)17(25)23(7)8/h13-14H,9-12H2,1-8H3. The van der Waals surface area contributed by atoms with Gasteiger partial charge in [0, 0.05) is 50.0 Å². The third-order valence-electron chi connectivity index (χ3n) is 4.76. The highest BCUT2D eigenvalue weighted by molar-refractivity contribution is 5.78. The van der Waals surface area contributed by atoms with Gasteiger partial charge in [-0.1, -0.05) is 41.5 Å². The highest BCUT2D eigenvalue weighted by atomic mass is 16.2. The number of carbonyl (C=O) groups excluding carboxylic acids is 1. The van der Waals surface area contributed by atoms with Gasteiger partial charge in [-0.25, -0.2) is 9.97 Å². The van der Waals surface area contributed by atoms with Crippen LogP contribution in [-0.4, -0.2) is 48.0 Å². The van der Waals surface area contributed by atoms with Crippen molar-refractivity contribution in [1.82, 2.24) is 14.9 Å². The van der Waals surface area contributed by atoms with Crippen molar-refractivity contribution in [3.05, 3.63) is 17.6 Å². The van der Waals surface area contributed by atoms with Crippen LogP contribution in [0.5, 0.6) is 0 Å². The van der Waals surface area contributed by atoms with Crippen LogP contribution < -0.4 is 4.90 Å². The predicted octanol–water partition coefficient (Wildman–Crippen LogP) is 3.38. The van der Waals surface area contributed by atoms with Gasteiger partial charge in [-0.05, 0) is 12.8 Å². The molecule has 5 nitrogen and oxygen atoms in total. The SMILES string of the molecule is CN(C)C(=O)C1CCN(c2cc(C(C)(C)C)nc(C(C)(C)C)n2)CC1. The summed E-state index contributed by atoms with van der Waals surface area (Å²) in [6.45, 7) is 14.8. The Hall–Kier alpha value is -1.65. The van der Waals surface area contributed by atoms with E-state index in [1.165, 1.54) is 0 Å². The topological polar surface area (TPSA) is 49.3 Å². The van der Waals surface area contributed by atoms with Crippen molar-refractivity contribution in [1.29, 1.82) is 0 Å². The lowest BCUT2D eigenvalue weighted by Gasteiger charge is -2.34. The Morgan fingerprint density at radius 1 is 1.04 bits per heavy atom. The van der Waals surface area contributed by atoms with E-state index < -0.39 is 0 Å². The maximum Gasteiger partial charge on any atom is 0.225 e. The summed E-state index contributed by atoms with van der Waals surface area (Å²) in [4.78, 5) is 25.9. The van der Waals surface area contributed by atoms with Gasteiger partial charge in [-0.15, -0.1) is 0 Å². The van der Waals surface area contributed by atoms with Crippen LogP contribution >= 0.6 is 0 Å². The van der Waals surface area contributed by atoms with Crippen LogP contribution in [0.25, 0.3) is 0 Å². The Morgan fingerprint density at radius 2 is 1.60 bits per heavy atom. The van der Waals surface area contributed by atoms with Crippen molar-refractivity contribution >= 4 is 11.7 Å². The normalized spacial score (nSPS) is 16.9. The summed E-state index contributed by atoms with van der Waals surface area (Å²) in [6, 6.07) is 2.13. The van der Waals surface area contributed by atoms with E-state index in [1.54, 1.807) is 4.90 Å². The fourth-order valence-corrected chi connectivity index (χ4v) is 3.04. The summed E-state index contributed by atoms with van der Waals surface area (Å²) in [5, 5.41) is 0. The van der Waals surface area contributed by atoms with Crippen molar-refractivity contribution in [3.63, 3.8) is 0 Å². The predicted molar refractivity (Wildman–Crippen MR) is 103 cm³/mol. The molecule has 1 aromatic rings. The van der Waals surface area contributed by atoms with E-state index in [0.717, 1.165) is 43.3 Å². The van der Waals surface area contributed by atoms with Crippen LogP contribution in [0.15, 0.2) is 6.07 Å². The number of nitrogens with zero attached hydrogens (tertiary/aromatic N) is 4. The zero-order valence-electron chi connectivity index (χ0n) is 17.2. The van der Waals surface area contributed by atoms with E-state index in [2.05, 4.69) is 52.5 Å². The molecule has 0 spiro atoms. The van der Waals surface area contributed by atoms with Crippen LogP contribution in [0.4, 0.5) is 5.82 Å². The molecule has 0 unspecified atom stereocenters. The molecule has 0 radical (unpaired) electrons. The van der Waals surface area contributed by atoms with Gasteiger partial charge in [0.05, 0.1) is 5.69 Å². The molecule has 0 atom stereocenters. The van der Waals surface area contributed by atoms with Crippen LogP contribution in [0.1, 0.15) is 65.9 Å². The summed E-state index contributed by atoms with van der Waals surface area (Å²) < 4.78 is 0. The zero-order chi connectivity index (χ0) is 19.0. The second-order valence-corrected chi connectivity index (χ2v) is 9.43. The molecule has 140 valence electrons. The smallest absolute Gasteiger partial charge is 0.225 e. The van der Waals surface area contributed by atoms with E-state index in [-0.39, 0.29) is 22.7 Å². The van der Waals surface area contributed by atoms with Gasteiger partial charge in [-0.2, -0.15) is 0 Å². The second-order valence-electron chi connectivity index (χ2n) is 9.43. The monoisotopic (exact) mass is 346 g/mol. The molecule has 2 rings (SSSR count). The first-order chi connectivity index (χ1) is 11.4. The van der Waals surface area contributed by atoms with Gasteiger partial charge in [0.15, 0.2) is 0 Å². The minimum atomic E-state index is -0.0881. The quantitative estimate of drug-likeness (QED) is 0.824. The Kier molecular flexibility index (Phi) is 5.45. The molecule has 0 aromatic carbocycles. The molecular formula is C20H34N4O. The fourth-order valence-electron chi connectivity index (χ4n) is 3.04. The van der Waals surface area contributed by atoms with Crippen molar-refractivity contribution in [2.24, 2.45) is 5.92 Å². The molecule has 0 aliphatic carbocycles. The molecule has 0 N–H and O–H groups in total. The average molecular weight is 347 g/mol. The lowest BCUT2D eigenvalue weighted by atomic mass is 9.89. The number of hydrogen-bond donors (Lipinski definition) is 0. The third-order valence-corrected chi connectivity index (χ3v) is 4.76. The molecule has 2 heterocycles. The van der Waals surface area contributed by atoms with Crippen LogP contribution in [-0.2, 0) is 15.6 Å². The Labute approximate surface area is 152 Å². The van der Waals surface area contributed by atoms with Crippen molar-refractivity contribution < 1.29 is 4.79 Å². The van der Waals surface area contributed by atoms with Crippen LogP contribution in [0.3, 0.4) is 0 Å². The highest BCUT2D eigenvalue weighted by Crippen LogP contribution is 2.30. The summed E-state index contributed by atoms with van der Waals surface area (Å²) in [6.07, 6.45) is 1.77. The van der Waals surface area contributed by atoms with Crippen molar-refractivity contribution in [2.75, 3.05) is 32.1 Å². The molecule has 1 aliphatic rings. The number of aromatic nitrogens is 2. The lowest BCUT2D eigenvalue weighted by Crippen LogP contribution is -2.41. The van der Waals surface area contributed by atoms with Crippen molar-refractivity contribution in [3.8, 4) is 0 Å². The van der Waals surface area contributed by atoms with Crippen LogP contribution in [0.2, 0.25) is 0 Å². The van der Waals surface area contributed by atoms with Gasteiger partial charge in [-0.3, -0.25) is 4.79 Å². The molecule has 1 aromatic heterocycles. The van der Waals surface area contributed by atoms with E-state index in [0.29, 0.717) is 0 Å². The third kappa shape index (κ3) is 4.71. The average Bonchev–Trinajstić information content (AvgIpc) is 2.52. The molecule has 25 heavy (non-hydrogen) atoms. The molecule has 1 amide bonds. The molecular weight excluding hydrogens is 312 g/mol. The van der Waals surface area contributed by atoms with E-state index in [4.69, 9.17) is 9.97 Å². The summed E-state index contributed by atoms with van der Waals surface area (Å²) in [5.74, 6) is 2.27. The number of anilines is 1. The van der Waals surface area contributed by atoms with Gasteiger partial charge >= 0.3 is 0 Å². The lowest BCUT2D eigenvalue weighted by molar-refractivity contribution is -0.133. The Balaban J connectivity index is 2.26. The minimum absolute atomic E-state index is 0.0170. The summed E-state index contributed by atoms with van der Waals surface area (Å²) in [7, 11) is 3.68. The number of amides is 1. The fraction of sp³-hybridized carbons (Fsp3) is 0.750. The first-order valence-electron chi connectivity index (χ1n) is 9.26. The van der Waals surface area contributed by atoms with Gasteiger partial charge in [0.1, 0.15) is 11.6 Å². The number of hydrogen-bond acceptors (Lipinski definition) is 4. The highest BCUT2D eigenvalue weighted by Gasteiger charge is 2.29. The summed E-state index contributed by atoms with van der Waals surface area (Å²) in [5.41, 5.74) is 0.973. The molecule has 0 bridgehead atoms. The largest absolute Gasteiger partial charge is 0.356 e. The molecule has 1 fully saturated rings. The Bertz CT molecular complexity index is 585. The van der Waals surface area contributed by atoms with Gasteiger partial charge in [0.25, 0.3) is 0 Å². The van der Waals surface area contributed by atoms with Crippen LogP contribution in [0, 0.1) is 5.92 Å². The van der Waals surface area contributed by atoms with Gasteiger partial charge < -0.3 is 9.80 Å². The van der Waals surface area contributed by atoms with E-state index >= 15 is 0 Å². The zero-order valence-corrected chi connectivity index (χ0v) is 17.2. The molecule has 5 heteroatoms. The van der Waals surface area contributed by atoms with E-state index in [1.807, 2.05) is 14.1 Å². The van der Waals surface area contributed by atoms with E-state index in [9.17, 15) is 4.79 Å². The maximum atomic E-state index is 12.2. The molecule has 0 saturated carbocycles. The molecule has 1 saturated heterocycles. The Morgan fingerprint density at radius 3 is 2.04 bits per heavy atom. The maximum absolute atomic E-state index is 12.2. The number of piperidine rings is 1. The van der Waals surface area contributed by atoms with Crippen molar-refractivity contribution in [2.45, 2.75) is 65.2 Å². The van der Waals surface area contributed by atoms with Gasteiger partial charge in [0.2, 0.25) is 5.91 Å². The first kappa shape index (κ1) is 19.7. The summed E-state index contributed by atoms with van der Waals surface area (Å²) >= 11 is 0. The number of carbonyl (C=O) groups is 1. The molecule has 1 aliphatic heterocycles.